The average Bonchev–Trinajstić information content (AvgIpc) is 2.21. The molecule has 0 aliphatic heterocycles. The van der Waals surface area contributed by atoms with Crippen molar-refractivity contribution < 1.29 is 9.59 Å². The fourth-order valence-corrected chi connectivity index (χ4v) is 2.21. The maximum absolute atomic E-state index is 11.5. The van der Waals surface area contributed by atoms with Crippen molar-refractivity contribution in [3.8, 4) is 0 Å². The van der Waals surface area contributed by atoms with Gasteiger partial charge in [0.15, 0.2) is 0 Å². The quantitative estimate of drug-likeness (QED) is 0.557. The van der Waals surface area contributed by atoms with Gasteiger partial charge in [-0.05, 0) is 37.6 Å². The second kappa shape index (κ2) is 5.58. The van der Waals surface area contributed by atoms with Gasteiger partial charge in [0, 0.05) is 10.6 Å². The van der Waals surface area contributed by atoms with Crippen LogP contribution in [-0.4, -0.2) is 17.2 Å². The third kappa shape index (κ3) is 3.99. The van der Waals surface area contributed by atoms with Gasteiger partial charge in [-0.2, -0.15) is 0 Å². The van der Waals surface area contributed by atoms with Crippen LogP contribution in [0.5, 0.6) is 0 Å². The van der Waals surface area contributed by atoms with Crippen LogP contribution in [0.1, 0.15) is 12.5 Å². The molecule has 1 unspecified atom stereocenters. The molecule has 0 aliphatic carbocycles. The Hall–Kier alpha value is -1.69. The summed E-state index contributed by atoms with van der Waals surface area (Å²) >= 11 is 1.35. The van der Waals surface area contributed by atoms with Crippen LogP contribution in [0.25, 0.3) is 0 Å². The minimum atomic E-state index is -0.837. The summed E-state index contributed by atoms with van der Waals surface area (Å²) in [5, 5.41) is 1.65. The van der Waals surface area contributed by atoms with E-state index in [1.54, 1.807) is 13.0 Å². The molecule has 0 saturated heterocycles. The van der Waals surface area contributed by atoms with Crippen molar-refractivity contribution in [2.45, 2.75) is 24.0 Å². The Labute approximate surface area is 104 Å². The lowest BCUT2D eigenvalue weighted by Gasteiger charge is -2.12. The predicted molar refractivity (Wildman–Crippen MR) is 68.6 cm³/mol. The van der Waals surface area contributed by atoms with E-state index >= 15 is 0 Å². The van der Waals surface area contributed by atoms with Gasteiger partial charge in [0.05, 0.1) is 5.25 Å². The van der Waals surface area contributed by atoms with Gasteiger partial charge in [-0.25, -0.2) is 4.79 Å². The number of hydrogen-bond acceptors (Lipinski definition) is 4. The van der Waals surface area contributed by atoms with E-state index in [4.69, 9.17) is 11.5 Å². The van der Waals surface area contributed by atoms with Gasteiger partial charge in [0.2, 0.25) is 5.91 Å². The predicted octanol–water partition coefficient (Wildman–Crippen LogP) is 1.25. The number of imide groups is 1. The molecule has 1 atom stereocenters. The van der Waals surface area contributed by atoms with Crippen LogP contribution in [0.3, 0.4) is 0 Å². The number of anilines is 1. The van der Waals surface area contributed by atoms with Crippen LogP contribution in [0.2, 0.25) is 0 Å². The molecule has 0 bridgehead atoms. The van der Waals surface area contributed by atoms with Gasteiger partial charge >= 0.3 is 6.03 Å². The fraction of sp³-hybridized carbons (Fsp3) is 0.273. The number of amides is 3. The number of benzene rings is 1. The number of nitrogens with two attached hydrogens (primary N) is 2. The molecule has 0 spiro atoms. The van der Waals surface area contributed by atoms with Crippen molar-refractivity contribution in [3.05, 3.63) is 23.8 Å². The molecule has 17 heavy (non-hydrogen) atoms. The zero-order valence-electron chi connectivity index (χ0n) is 9.69. The molecule has 92 valence electrons. The molecular weight excluding hydrogens is 238 g/mol. The van der Waals surface area contributed by atoms with Crippen LogP contribution in [0, 0.1) is 6.92 Å². The van der Waals surface area contributed by atoms with Crippen molar-refractivity contribution in [2.24, 2.45) is 5.73 Å². The van der Waals surface area contributed by atoms with Crippen molar-refractivity contribution in [1.82, 2.24) is 5.32 Å². The van der Waals surface area contributed by atoms with Gasteiger partial charge in [-0.1, -0.05) is 0 Å². The second-order valence-corrected chi connectivity index (χ2v) is 5.02. The van der Waals surface area contributed by atoms with Gasteiger partial charge in [-0.15, -0.1) is 11.8 Å². The van der Waals surface area contributed by atoms with Gasteiger partial charge in [0.25, 0.3) is 0 Å². The van der Waals surface area contributed by atoms with E-state index in [-0.39, 0.29) is 0 Å². The Bertz CT molecular complexity index is 448. The molecule has 1 aromatic carbocycles. The highest BCUT2D eigenvalue weighted by Crippen LogP contribution is 2.27. The number of rotatable bonds is 3. The highest BCUT2D eigenvalue weighted by molar-refractivity contribution is 8.00. The topological polar surface area (TPSA) is 98.2 Å². The van der Waals surface area contributed by atoms with E-state index in [0.29, 0.717) is 5.69 Å². The largest absolute Gasteiger partial charge is 0.399 e. The van der Waals surface area contributed by atoms with Crippen LogP contribution in [-0.2, 0) is 4.79 Å². The molecule has 0 saturated carbocycles. The van der Waals surface area contributed by atoms with Gasteiger partial charge in [-0.3, -0.25) is 10.1 Å². The number of carbonyl (C=O) groups excluding carboxylic acids is 2. The number of aryl methyl sites for hydroxylation is 1. The maximum Gasteiger partial charge on any atom is 0.318 e. The van der Waals surface area contributed by atoms with Crippen molar-refractivity contribution in [3.63, 3.8) is 0 Å². The summed E-state index contributed by atoms with van der Waals surface area (Å²) in [4.78, 5) is 23.0. The number of thioether (sulfide) groups is 1. The van der Waals surface area contributed by atoms with E-state index in [9.17, 15) is 9.59 Å². The van der Waals surface area contributed by atoms with Crippen molar-refractivity contribution in [1.29, 1.82) is 0 Å². The summed E-state index contributed by atoms with van der Waals surface area (Å²) in [6, 6.07) is 4.62. The number of nitrogen functional groups attached to an aromatic ring is 1. The zero-order chi connectivity index (χ0) is 13.0. The Morgan fingerprint density at radius 2 is 2.06 bits per heavy atom. The Morgan fingerprint density at radius 1 is 1.41 bits per heavy atom. The molecular formula is C11H15N3O2S. The van der Waals surface area contributed by atoms with E-state index < -0.39 is 17.2 Å². The molecule has 3 amide bonds. The highest BCUT2D eigenvalue weighted by Gasteiger charge is 2.16. The summed E-state index contributed by atoms with van der Waals surface area (Å²) in [7, 11) is 0. The van der Waals surface area contributed by atoms with E-state index in [1.807, 2.05) is 24.4 Å². The first-order valence-corrected chi connectivity index (χ1v) is 5.91. The summed E-state index contributed by atoms with van der Waals surface area (Å²) < 4.78 is 0. The first-order valence-electron chi connectivity index (χ1n) is 5.03. The maximum atomic E-state index is 11.5. The lowest BCUT2D eigenvalue weighted by Crippen LogP contribution is -2.39. The second-order valence-electron chi connectivity index (χ2n) is 3.64. The van der Waals surface area contributed by atoms with Gasteiger partial charge < -0.3 is 11.5 Å². The summed E-state index contributed by atoms with van der Waals surface area (Å²) in [6.07, 6.45) is 0. The minimum absolute atomic E-state index is 0.398. The SMILES string of the molecule is Cc1cc(N)ccc1SC(C)C(=O)NC(N)=O. The smallest absolute Gasteiger partial charge is 0.318 e. The lowest BCUT2D eigenvalue weighted by atomic mass is 10.2. The Kier molecular flexibility index (Phi) is 4.39. The monoisotopic (exact) mass is 253 g/mol. The van der Waals surface area contributed by atoms with Crippen LogP contribution in [0.4, 0.5) is 10.5 Å². The third-order valence-corrected chi connectivity index (χ3v) is 3.40. The van der Waals surface area contributed by atoms with E-state index in [2.05, 4.69) is 0 Å². The summed E-state index contributed by atoms with van der Waals surface area (Å²) in [6.45, 7) is 3.62. The summed E-state index contributed by atoms with van der Waals surface area (Å²) in [5.74, 6) is -0.404. The molecule has 0 radical (unpaired) electrons. The van der Waals surface area contributed by atoms with Crippen LogP contribution < -0.4 is 16.8 Å². The van der Waals surface area contributed by atoms with Crippen molar-refractivity contribution in [2.75, 3.05) is 5.73 Å². The standard InChI is InChI=1S/C11H15N3O2S/c1-6-5-8(12)3-4-9(6)17-7(2)10(15)14-11(13)16/h3-5,7H,12H2,1-2H3,(H3,13,14,15,16). The van der Waals surface area contributed by atoms with Crippen LogP contribution >= 0.6 is 11.8 Å². The van der Waals surface area contributed by atoms with Gasteiger partial charge in [0.1, 0.15) is 0 Å². The number of urea groups is 1. The van der Waals surface area contributed by atoms with Crippen molar-refractivity contribution >= 4 is 29.4 Å². The zero-order valence-corrected chi connectivity index (χ0v) is 10.5. The Morgan fingerprint density at radius 3 is 2.59 bits per heavy atom. The fourth-order valence-electron chi connectivity index (χ4n) is 1.27. The number of carbonyl (C=O) groups is 2. The normalized spacial score (nSPS) is 11.9. The first kappa shape index (κ1) is 13.4. The van der Waals surface area contributed by atoms with E-state index in [0.717, 1.165) is 10.5 Å². The van der Waals surface area contributed by atoms with Crippen LogP contribution in [0.15, 0.2) is 23.1 Å². The molecule has 0 heterocycles. The molecule has 0 fully saturated rings. The molecule has 0 aliphatic rings. The Balaban J connectivity index is 2.70. The molecule has 5 nitrogen and oxygen atoms in total. The number of hydrogen-bond donors (Lipinski definition) is 3. The molecule has 1 aromatic rings. The highest BCUT2D eigenvalue weighted by atomic mass is 32.2. The molecule has 5 N–H and O–H groups in total. The number of nitrogens with one attached hydrogen (secondary N) is 1. The third-order valence-electron chi connectivity index (χ3n) is 2.12. The summed E-state index contributed by atoms with van der Waals surface area (Å²) in [5.41, 5.74) is 12.2. The number of primary amides is 1. The average molecular weight is 253 g/mol. The first-order chi connectivity index (χ1) is 7.90. The van der Waals surface area contributed by atoms with E-state index in [1.165, 1.54) is 11.8 Å². The lowest BCUT2D eigenvalue weighted by molar-refractivity contribution is -0.119. The molecule has 0 aromatic heterocycles. The molecule has 6 heteroatoms. The minimum Gasteiger partial charge on any atom is -0.399 e. The molecule has 1 rings (SSSR count).